The molecule has 0 atom stereocenters. The lowest BCUT2D eigenvalue weighted by molar-refractivity contribution is -0.136. The summed E-state index contributed by atoms with van der Waals surface area (Å²) in [5, 5.41) is 6.83. The van der Waals surface area contributed by atoms with E-state index in [0.29, 0.717) is 17.3 Å². The van der Waals surface area contributed by atoms with E-state index in [4.69, 9.17) is 16.3 Å². The largest absolute Gasteiger partial charge is 0.494 e. The molecule has 2 rings (SSSR count). The molecule has 0 aliphatic carbocycles. The molecule has 0 heterocycles. The van der Waals surface area contributed by atoms with E-state index in [1.807, 2.05) is 6.92 Å². The van der Waals surface area contributed by atoms with Gasteiger partial charge in [0.25, 0.3) is 0 Å². The maximum Gasteiger partial charge on any atom is 0.329 e. The number of halogens is 1. The van der Waals surface area contributed by atoms with Gasteiger partial charge in [0.15, 0.2) is 0 Å². The zero-order chi connectivity index (χ0) is 18.2. The van der Waals surface area contributed by atoms with Gasteiger partial charge in [0, 0.05) is 10.7 Å². The molecule has 0 unspecified atom stereocenters. The van der Waals surface area contributed by atoms with E-state index in [9.17, 15) is 9.59 Å². The molecule has 0 aliphatic heterocycles. The number of ether oxygens (including phenoxy) is 1. The predicted octanol–water partition coefficient (Wildman–Crippen LogP) is 3.14. The molecule has 7 heteroatoms. The Bertz CT molecular complexity index is 789. The Morgan fingerprint density at radius 2 is 1.88 bits per heavy atom. The maximum absolute atomic E-state index is 11.9. The fourth-order valence-electron chi connectivity index (χ4n) is 1.98. The van der Waals surface area contributed by atoms with Gasteiger partial charge in [-0.1, -0.05) is 11.6 Å². The minimum atomic E-state index is -0.864. The minimum Gasteiger partial charge on any atom is -0.494 e. The van der Waals surface area contributed by atoms with Crippen LogP contribution in [-0.2, 0) is 9.59 Å². The summed E-state index contributed by atoms with van der Waals surface area (Å²) in [6, 6.07) is 12.1. The lowest BCUT2D eigenvalue weighted by Gasteiger charge is -2.07. The number of aryl methyl sites for hydroxylation is 1. The Labute approximate surface area is 150 Å². The van der Waals surface area contributed by atoms with E-state index in [2.05, 4.69) is 15.8 Å². The lowest BCUT2D eigenvalue weighted by Crippen LogP contribution is -2.32. The molecule has 0 bridgehead atoms. The standard InChI is InChI=1S/C18H18ClN3O3/c1-3-25-15-7-4-13(5-8-15)11-20-22-18(24)17(23)21-16-9-6-14(19)10-12(16)2/h4-11H,3H2,1-2H3,(H,21,23)(H,22,24)/b20-11+. The van der Waals surface area contributed by atoms with E-state index in [1.165, 1.54) is 6.21 Å². The van der Waals surface area contributed by atoms with Crippen LogP contribution >= 0.6 is 11.6 Å². The van der Waals surface area contributed by atoms with Gasteiger partial charge in [-0.15, -0.1) is 0 Å². The first kappa shape index (κ1) is 18.5. The van der Waals surface area contributed by atoms with E-state index in [1.54, 1.807) is 49.4 Å². The Kier molecular flexibility index (Phi) is 6.54. The first-order valence-corrected chi connectivity index (χ1v) is 8.00. The van der Waals surface area contributed by atoms with Gasteiger partial charge in [-0.3, -0.25) is 9.59 Å². The van der Waals surface area contributed by atoms with Crippen LogP contribution in [0, 0.1) is 6.92 Å². The Morgan fingerprint density at radius 3 is 2.52 bits per heavy atom. The Hall–Kier alpha value is -2.86. The average Bonchev–Trinajstić information content (AvgIpc) is 2.59. The number of carbonyl (C=O) groups is 2. The zero-order valence-corrected chi connectivity index (χ0v) is 14.6. The SMILES string of the molecule is CCOc1ccc(/C=N/NC(=O)C(=O)Nc2ccc(Cl)cc2C)cc1. The number of anilines is 1. The molecule has 130 valence electrons. The van der Waals surface area contributed by atoms with Crippen molar-refractivity contribution in [2.75, 3.05) is 11.9 Å². The van der Waals surface area contributed by atoms with Crippen molar-refractivity contribution in [3.8, 4) is 5.75 Å². The molecule has 0 saturated carbocycles. The van der Waals surface area contributed by atoms with Crippen LogP contribution in [0.2, 0.25) is 5.02 Å². The highest BCUT2D eigenvalue weighted by molar-refractivity contribution is 6.39. The third-order valence-electron chi connectivity index (χ3n) is 3.21. The topological polar surface area (TPSA) is 79.8 Å². The van der Waals surface area contributed by atoms with Gasteiger partial charge in [-0.2, -0.15) is 5.10 Å². The van der Waals surface area contributed by atoms with E-state index < -0.39 is 11.8 Å². The number of hydrazone groups is 1. The summed E-state index contributed by atoms with van der Waals surface area (Å²) >= 11 is 5.85. The van der Waals surface area contributed by atoms with Crippen LogP contribution in [0.1, 0.15) is 18.1 Å². The number of rotatable bonds is 5. The molecule has 0 aromatic heterocycles. The van der Waals surface area contributed by atoms with Crippen LogP contribution < -0.4 is 15.5 Å². The molecular weight excluding hydrogens is 342 g/mol. The Morgan fingerprint density at radius 1 is 1.16 bits per heavy atom. The van der Waals surface area contributed by atoms with Gasteiger partial charge in [-0.25, -0.2) is 5.43 Å². The number of amides is 2. The molecule has 25 heavy (non-hydrogen) atoms. The molecule has 0 spiro atoms. The van der Waals surface area contributed by atoms with Gasteiger partial charge < -0.3 is 10.1 Å². The monoisotopic (exact) mass is 359 g/mol. The molecule has 0 aliphatic rings. The average molecular weight is 360 g/mol. The van der Waals surface area contributed by atoms with E-state index in [0.717, 1.165) is 16.9 Å². The smallest absolute Gasteiger partial charge is 0.329 e. The van der Waals surface area contributed by atoms with Crippen molar-refractivity contribution in [1.29, 1.82) is 0 Å². The van der Waals surface area contributed by atoms with Crippen molar-refractivity contribution >= 4 is 35.3 Å². The van der Waals surface area contributed by atoms with Gasteiger partial charge >= 0.3 is 11.8 Å². The van der Waals surface area contributed by atoms with Gasteiger partial charge in [0.2, 0.25) is 0 Å². The van der Waals surface area contributed by atoms with Gasteiger partial charge in [0.1, 0.15) is 5.75 Å². The van der Waals surface area contributed by atoms with Crippen LogP contribution in [0.5, 0.6) is 5.75 Å². The molecule has 2 aromatic rings. The lowest BCUT2D eigenvalue weighted by atomic mass is 10.2. The second kappa shape index (κ2) is 8.84. The number of hydrogen-bond acceptors (Lipinski definition) is 4. The molecule has 2 amide bonds. The maximum atomic E-state index is 11.9. The first-order chi connectivity index (χ1) is 12.0. The zero-order valence-electron chi connectivity index (χ0n) is 13.9. The second-order valence-corrected chi connectivity index (χ2v) is 5.55. The third kappa shape index (κ3) is 5.61. The van der Waals surface area contributed by atoms with Crippen molar-refractivity contribution in [2.24, 2.45) is 5.10 Å². The summed E-state index contributed by atoms with van der Waals surface area (Å²) in [5.41, 5.74) is 4.21. The summed E-state index contributed by atoms with van der Waals surface area (Å²) in [5.74, 6) is -0.924. The van der Waals surface area contributed by atoms with Crippen molar-refractivity contribution in [3.63, 3.8) is 0 Å². The highest BCUT2D eigenvalue weighted by Crippen LogP contribution is 2.19. The molecule has 2 aromatic carbocycles. The van der Waals surface area contributed by atoms with Crippen LogP contribution in [0.3, 0.4) is 0 Å². The second-order valence-electron chi connectivity index (χ2n) is 5.11. The van der Waals surface area contributed by atoms with Crippen LogP contribution in [0.15, 0.2) is 47.6 Å². The quantitative estimate of drug-likeness (QED) is 0.489. The highest BCUT2D eigenvalue weighted by atomic mass is 35.5. The van der Waals surface area contributed by atoms with Crippen molar-refractivity contribution in [1.82, 2.24) is 5.43 Å². The van der Waals surface area contributed by atoms with Crippen LogP contribution in [0.25, 0.3) is 0 Å². The first-order valence-electron chi connectivity index (χ1n) is 7.63. The molecule has 6 nitrogen and oxygen atoms in total. The number of nitrogens with zero attached hydrogens (tertiary/aromatic N) is 1. The van der Waals surface area contributed by atoms with E-state index in [-0.39, 0.29) is 0 Å². The van der Waals surface area contributed by atoms with Gasteiger partial charge in [-0.05, 0) is 67.4 Å². The van der Waals surface area contributed by atoms with Crippen LogP contribution in [-0.4, -0.2) is 24.6 Å². The van der Waals surface area contributed by atoms with Crippen LogP contribution in [0.4, 0.5) is 5.69 Å². The fourth-order valence-corrected chi connectivity index (χ4v) is 2.21. The number of carbonyl (C=O) groups excluding carboxylic acids is 2. The minimum absolute atomic E-state index is 0.514. The normalized spacial score (nSPS) is 10.5. The number of hydrogen-bond donors (Lipinski definition) is 2. The van der Waals surface area contributed by atoms with Crippen molar-refractivity contribution in [3.05, 3.63) is 58.6 Å². The van der Waals surface area contributed by atoms with Crippen molar-refractivity contribution < 1.29 is 14.3 Å². The van der Waals surface area contributed by atoms with Crippen molar-refractivity contribution in [2.45, 2.75) is 13.8 Å². The number of nitrogens with one attached hydrogen (secondary N) is 2. The predicted molar refractivity (Wildman–Crippen MR) is 98.2 cm³/mol. The summed E-state index contributed by atoms with van der Waals surface area (Å²) in [6.07, 6.45) is 1.44. The highest BCUT2D eigenvalue weighted by Gasteiger charge is 2.13. The van der Waals surface area contributed by atoms with Gasteiger partial charge in [0.05, 0.1) is 12.8 Å². The fraction of sp³-hybridized carbons (Fsp3) is 0.167. The summed E-state index contributed by atoms with van der Waals surface area (Å²) in [6.45, 7) is 4.27. The summed E-state index contributed by atoms with van der Waals surface area (Å²) in [4.78, 5) is 23.6. The molecular formula is C18H18ClN3O3. The molecule has 2 N–H and O–H groups in total. The third-order valence-corrected chi connectivity index (χ3v) is 3.45. The summed E-state index contributed by atoms with van der Waals surface area (Å²) < 4.78 is 5.33. The Balaban J connectivity index is 1.89. The van der Waals surface area contributed by atoms with E-state index >= 15 is 0 Å². The number of benzene rings is 2. The molecule has 0 radical (unpaired) electrons. The summed E-state index contributed by atoms with van der Waals surface area (Å²) in [7, 11) is 0. The molecule has 0 fully saturated rings. The molecule has 0 saturated heterocycles.